The van der Waals surface area contributed by atoms with Crippen LogP contribution in [0, 0.1) is 5.92 Å². The molecule has 5 N–H and O–H groups in total. The predicted octanol–water partition coefficient (Wildman–Crippen LogP) is -0.0919. The summed E-state index contributed by atoms with van der Waals surface area (Å²) in [5, 5.41) is 0. The van der Waals surface area contributed by atoms with Crippen molar-refractivity contribution in [1.82, 2.24) is 5.48 Å². The molecule has 0 aliphatic heterocycles. The Bertz CT molecular complexity index is 199. The number of carbonyl (C=O) groups is 2. The van der Waals surface area contributed by atoms with Crippen molar-refractivity contribution in [3.8, 4) is 0 Å². The molecule has 2 amide bonds. The monoisotopic (exact) mass is 225 g/mol. The Morgan fingerprint density at radius 3 is 2.29 bits per heavy atom. The van der Waals surface area contributed by atoms with Gasteiger partial charge in [0, 0.05) is 0 Å². The Balaban J connectivity index is 0. The molecule has 0 fully saturated rings. The molecule has 0 bridgehead atoms. The number of hydrogen-bond donors (Lipinski definition) is 3. The van der Waals surface area contributed by atoms with Crippen LogP contribution in [0.25, 0.3) is 0 Å². The number of halogens is 1. The first-order chi connectivity index (χ1) is 5.93. The van der Waals surface area contributed by atoms with Crippen molar-refractivity contribution in [2.75, 3.05) is 0 Å². The van der Waals surface area contributed by atoms with E-state index in [0.717, 1.165) is 0 Å². The van der Waals surface area contributed by atoms with Crippen molar-refractivity contribution in [2.45, 2.75) is 26.3 Å². The fraction of sp³-hybridized carbons (Fsp3) is 0.714. The summed E-state index contributed by atoms with van der Waals surface area (Å²) in [6.45, 7) is 3.85. The Hall–Kier alpha value is -1.01. The van der Waals surface area contributed by atoms with Crippen molar-refractivity contribution in [1.29, 1.82) is 0 Å². The van der Waals surface area contributed by atoms with Crippen LogP contribution in [0.2, 0.25) is 0 Å². The molecular weight excluding hydrogens is 210 g/mol. The zero-order chi connectivity index (χ0) is 10.4. The van der Waals surface area contributed by atoms with Gasteiger partial charge in [-0.15, -0.1) is 12.4 Å². The lowest BCUT2D eigenvalue weighted by molar-refractivity contribution is -0.150. The van der Waals surface area contributed by atoms with E-state index in [1.165, 1.54) is 0 Å². The minimum atomic E-state index is -0.926. The Morgan fingerprint density at radius 1 is 1.43 bits per heavy atom. The fourth-order valence-corrected chi connectivity index (χ4v) is 0.780. The van der Waals surface area contributed by atoms with Crippen molar-refractivity contribution in [2.24, 2.45) is 17.4 Å². The Kier molecular flexibility index (Phi) is 8.17. The summed E-state index contributed by atoms with van der Waals surface area (Å²) < 4.78 is 0. The van der Waals surface area contributed by atoms with Gasteiger partial charge in [-0.25, -0.2) is 9.59 Å². The van der Waals surface area contributed by atoms with Crippen molar-refractivity contribution in [3.63, 3.8) is 0 Å². The van der Waals surface area contributed by atoms with E-state index >= 15 is 0 Å². The zero-order valence-corrected chi connectivity index (χ0v) is 8.97. The lowest BCUT2D eigenvalue weighted by Gasteiger charge is -2.11. The third-order valence-electron chi connectivity index (χ3n) is 1.28. The second-order valence-corrected chi connectivity index (χ2v) is 3.12. The van der Waals surface area contributed by atoms with E-state index in [1.54, 1.807) is 5.48 Å². The van der Waals surface area contributed by atoms with Gasteiger partial charge in [0.25, 0.3) is 0 Å². The Labute approximate surface area is 88.7 Å². The third kappa shape index (κ3) is 7.63. The van der Waals surface area contributed by atoms with E-state index in [1.807, 2.05) is 13.8 Å². The van der Waals surface area contributed by atoms with E-state index < -0.39 is 18.0 Å². The fourth-order valence-electron chi connectivity index (χ4n) is 0.780. The van der Waals surface area contributed by atoms with E-state index in [2.05, 4.69) is 10.6 Å². The number of hydroxylamine groups is 1. The molecule has 0 heterocycles. The number of hydrogen-bond acceptors (Lipinski definition) is 4. The summed E-state index contributed by atoms with van der Waals surface area (Å²) in [5.41, 5.74) is 11.8. The minimum absolute atomic E-state index is 0. The maximum atomic E-state index is 11.0. The summed E-state index contributed by atoms with van der Waals surface area (Å²) in [6, 6.07) is -1.66. The van der Waals surface area contributed by atoms with Crippen molar-refractivity contribution < 1.29 is 14.4 Å². The van der Waals surface area contributed by atoms with Crippen LogP contribution in [-0.4, -0.2) is 18.0 Å². The first-order valence-corrected chi connectivity index (χ1v) is 3.95. The van der Waals surface area contributed by atoms with Crippen LogP contribution >= 0.6 is 12.4 Å². The van der Waals surface area contributed by atoms with E-state index in [0.29, 0.717) is 6.42 Å². The van der Waals surface area contributed by atoms with Crippen LogP contribution < -0.4 is 16.9 Å². The topological polar surface area (TPSA) is 107 Å². The number of primary amides is 1. The molecule has 0 saturated carbocycles. The van der Waals surface area contributed by atoms with Crippen molar-refractivity contribution in [3.05, 3.63) is 0 Å². The molecule has 0 aromatic carbocycles. The van der Waals surface area contributed by atoms with Crippen LogP contribution in [0.1, 0.15) is 20.3 Å². The molecule has 1 unspecified atom stereocenters. The van der Waals surface area contributed by atoms with Gasteiger partial charge in [-0.3, -0.25) is 0 Å². The first-order valence-electron chi connectivity index (χ1n) is 3.95. The largest absolute Gasteiger partial charge is 0.349 e. The van der Waals surface area contributed by atoms with E-state index in [9.17, 15) is 9.59 Å². The van der Waals surface area contributed by atoms with Crippen LogP contribution in [-0.2, 0) is 9.63 Å². The van der Waals surface area contributed by atoms with Gasteiger partial charge in [-0.1, -0.05) is 13.8 Å². The number of rotatable bonds is 3. The second kappa shape index (κ2) is 7.40. The van der Waals surface area contributed by atoms with Gasteiger partial charge in [0.1, 0.15) is 6.04 Å². The molecule has 84 valence electrons. The molecule has 7 heteroatoms. The molecular formula is C7H16ClN3O3. The Morgan fingerprint density at radius 2 is 1.93 bits per heavy atom. The summed E-state index contributed by atoms with van der Waals surface area (Å²) in [7, 11) is 0. The SMILES string of the molecule is CC(C)CC(N)C(=O)ONC(N)=O.Cl. The van der Waals surface area contributed by atoms with Gasteiger partial charge in [0.05, 0.1) is 0 Å². The van der Waals surface area contributed by atoms with Gasteiger partial charge in [0.15, 0.2) is 0 Å². The number of urea groups is 1. The third-order valence-corrected chi connectivity index (χ3v) is 1.28. The maximum absolute atomic E-state index is 11.0. The molecule has 0 rings (SSSR count). The summed E-state index contributed by atoms with van der Waals surface area (Å²) >= 11 is 0. The van der Waals surface area contributed by atoms with Crippen molar-refractivity contribution >= 4 is 24.4 Å². The van der Waals surface area contributed by atoms with E-state index in [-0.39, 0.29) is 18.3 Å². The normalized spacial score (nSPS) is 11.4. The molecule has 0 aromatic heterocycles. The molecule has 0 aliphatic rings. The highest BCUT2D eigenvalue weighted by Crippen LogP contribution is 2.03. The first kappa shape index (κ1) is 15.5. The van der Waals surface area contributed by atoms with Crippen LogP contribution in [0.5, 0.6) is 0 Å². The highest BCUT2D eigenvalue weighted by molar-refractivity contribution is 5.85. The average molecular weight is 226 g/mol. The molecule has 0 radical (unpaired) electrons. The summed E-state index contributed by atoms with van der Waals surface area (Å²) in [5.74, 6) is -0.399. The quantitative estimate of drug-likeness (QED) is 0.584. The summed E-state index contributed by atoms with van der Waals surface area (Å²) in [6.07, 6.45) is 0.499. The van der Waals surface area contributed by atoms with Crippen LogP contribution in [0.15, 0.2) is 0 Å². The second-order valence-electron chi connectivity index (χ2n) is 3.12. The lowest BCUT2D eigenvalue weighted by Crippen LogP contribution is -2.40. The van der Waals surface area contributed by atoms with Crippen LogP contribution in [0.3, 0.4) is 0 Å². The highest BCUT2D eigenvalue weighted by atomic mass is 35.5. The van der Waals surface area contributed by atoms with Gasteiger partial charge in [-0.05, 0) is 12.3 Å². The molecule has 0 aromatic rings. The zero-order valence-electron chi connectivity index (χ0n) is 8.15. The number of amides is 2. The molecule has 1 atom stereocenters. The molecule has 0 aliphatic carbocycles. The van der Waals surface area contributed by atoms with Gasteiger partial charge < -0.3 is 16.3 Å². The summed E-state index contributed by atoms with van der Waals surface area (Å²) in [4.78, 5) is 25.4. The molecule has 0 saturated heterocycles. The number of carbonyl (C=O) groups excluding carboxylic acids is 2. The van der Waals surface area contributed by atoms with Gasteiger partial charge >= 0.3 is 12.0 Å². The molecule has 14 heavy (non-hydrogen) atoms. The van der Waals surface area contributed by atoms with Gasteiger partial charge in [0.2, 0.25) is 0 Å². The van der Waals surface area contributed by atoms with E-state index in [4.69, 9.17) is 5.73 Å². The lowest BCUT2D eigenvalue weighted by atomic mass is 10.1. The highest BCUT2D eigenvalue weighted by Gasteiger charge is 2.17. The number of nitrogens with two attached hydrogens (primary N) is 2. The average Bonchev–Trinajstić information content (AvgIpc) is 1.98. The maximum Gasteiger partial charge on any atom is 0.348 e. The smallest absolute Gasteiger partial charge is 0.348 e. The predicted molar refractivity (Wildman–Crippen MR) is 53.5 cm³/mol. The molecule has 6 nitrogen and oxygen atoms in total. The van der Waals surface area contributed by atoms with Crippen LogP contribution in [0.4, 0.5) is 4.79 Å². The molecule has 0 spiro atoms. The van der Waals surface area contributed by atoms with Gasteiger partial charge in [-0.2, -0.15) is 5.48 Å². The number of nitrogens with one attached hydrogen (secondary N) is 1. The standard InChI is InChI=1S/C7H15N3O3.ClH/c1-4(2)3-5(8)6(11)13-10-7(9)12;/h4-5H,3,8H2,1-2H3,(H3,9,10,12);1H. The minimum Gasteiger partial charge on any atom is -0.349 e.